The summed E-state index contributed by atoms with van der Waals surface area (Å²) in [5, 5.41) is 3.19. The average molecular weight is 260 g/mol. The molecule has 0 aliphatic carbocycles. The molecule has 2 nitrogen and oxygen atoms in total. The van der Waals surface area contributed by atoms with Crippen LogP contribution in [0.2, 0.25) is 0 Å². The van der Waals surface area contributed by atoms with Crippen LogP contribution in [0, 0.1) is 5.82 Å². The van der Waals surface area contributed by atoms with E-state index in [9.17, 15) is 4.39 Å². The van der Waals surface area contributed by atoms with Gasteiger partial charge in [0.2, 0.25) is 0 Å². The van der Waals surface area contributed by atoms with Crippen molar-refractivity contribution in [1.29, 1.82) is 0 Å². The minimum Gasteiger partial charge on any atom is -0.488 e. The first kappa shape index (κ1) is 9.93. The third-order valence-electron chi connectivity index (χ3n) is 2.20. The summed E-state index contributed by atoms with van der Waals surface area (Å²) in [6.07, 6.45) is 1.14. The monoisotopic (exact) mass is 259 g/mol. The lowest BCUT2D eigenvalue weighted by Crippen LogP contribution is -2.19. The lowest BCUT2D eigenvalue weighted by atomic mass is 10.3. The second-order valence-electron chi connectivity index (χ2n) is 3.31. The maximum absolute atomic E-state index is 12.9. The average Bonchev–Trinajstić information content (AvgIpc) is 2.64. The summed E-state index contributed by atoms with van der Waals surface area (Å²) >= 11 is 3.33. The Morgan fingerprint density at radius 3 is 3.07 bits per heavy atom. The van der Waals surface area contributed by atoms with Gasteiger partial charge in [-0.3, -0.25) is 0 Å². The summed E-state index contributed by atoms with van der Waals surface area (Å²) in [6.45, 7) is 1.81. The first-order valence-corrected chi connectivity index (χ1v) is 5.37. The predicted octanol–water partition coefficient (Wildman–Crippen LogP) is 2.33. The molecule has 1 atom stereocenters. The zero-order valence-corrected chi connectivity index (χ0v) is 9.18. The topological polar surface area (TPSA) is 21.3 Å². The Morgan fingerprint density at radius 1 is 1.50 bits per heavy atom. The zero-order valence-electron chi connectivity index (χ0n) is 7.59. The van der Waals surface area contributed by atoms with Gasteiger partial charge in [-0.15, -0.1) is 0 Å². The molecule has 1 aliphatic heterocycles. The highest BCUT2D eigenvalue weighted by Gasteiger charge is 2.17. The Balaban J connectivity index is 2.10. The number of halogens is 2. The number of rotatable bonds is 2. The summed E-state index contributed by atoms with van der Waals surface area (Å²) in [7, 11) is 0. The molecule has 2 rings (SSSR count). The molecular formula is C10H11BrFNO. The molecule has 1 saturated heterocycles. The lowest BCUT2D eigenvalue weighted by Gasteiger charge is -2.13. The summed E-state index contributed by atoms with van der Waals surface area (Å²) in [5.41, 5.74) is 0. The molecule has 0 bridgehead atoms. The van der Waals surface area contributed by atoms with Gasteiger partial charge in [-0.05, 0) is 41.0 Å². The standard InChI is InChI=1S/C10H11BrFNO/c11-9-2-1-7(12)5-10(9)14-8-3-4-13-6-8/h1-2,5,8,13H,3-4,6H2. The SMILES string of the molecule is Fc1ccc(Br)c(OC2CCNC2)c1. The molecule has 1 fully saturated rings. The number of hydrogen-bond acceptors (Lipinski definition) is 2. The van der Waals surface area contributed by atoms with Crippen LogP contribution in [0.5, 0.6) is 5.75 Å². The summed E-state index contributed by atoms with van der Waals surface area (Å²) in [5.74, 6) is 0.313. The Morgan fingerprint density at radius 2 is 2.36 bits per heavy atom. The lowest BCUT2D eigenvalue weighted by molar-refractivity contribution is 0.220. The molecule has 0 saturated carbocycles. The van der Waals surface area contributed by atoms with E-state index < -0.39 is 0 Å². The maximum atomic E-state index is 12.9. The van der Waals surface area contributed by atoms with Gasteiger partial charge in [-0.2, -0.15) is 0 Å². The smallest absolute Gasteiger partial charge is 0.136 e. The van der Waals surface area contributed by atoms with Gasteiger partial charge in [0.1, 0.15) is 17.7 Å². The van der Waals surface area contributed by atoms with Gasteiger partial charge in [-0.25, -0.2) is 4.39 Å². The summed E-state index contributed by atoms with van der Waals surface area (Å²) in [6, 6.07) is 4.47. The van der Waals surface area contributed by atoms with Crippen molar-refractivity contribution in [3.05, 3.63) is 28.5 Å². The van der Waals surface area contributed by atoms with Crippen molar-refractivity contribution < 1.29 is 9.13 Å². The Bertz CT molecular complexity index is 326. The minimum atomic E-state index is -0.269. The first-order chi connectivity index (χ1) is 6.75. The molecule has 0 spiro atoms. The molecule has 1 N–H and O–H groups in total. The number of ether oxygens (including phenoxy) is 1. The van der Waals surface area contributed by atoms with E-state index in [4.69, 9.17) is 4.74 Å². The van der Waals surface area contributed by atoms with Gasteiger partial charge in [0, 0.05) is 12.6 Å². The van der Waals surface area contributed by atoms with Gasteiger partial charge in [0.05, 0.1) is 4.47 Å². The number of benzene rings is 1. The highest BCUT2D eigenvalue weighted by molar-refractivity contribution is 9.10. The van der Waals surface area contributed by atoms with Gasteiger partial charge < -0.3 is 10.1 Å². The largest absolute Gasteiger partial charge is 0.488 e. The molecule has 14 heavy (non-hydrogen) atoms. The normalized spacial score (nSPS) is 21.1. The van der Waals surface area contributed by atoms with Crippen LogP contribution < -0.4 is 10.1 Å². The van der Waals surface area contributed by atoms with Gasteiger partial charge in [0.15, 0.2) is 0 Å². The molecule has 0 radical (unpaired) electrons. The number of hydrogen-bond donors (Lipinski definition) is 1. The van der Waals surface area contributed by atoms with E-state index in [0.29, 0.717) is 5.75 Å². The van der Waals surface area contributed by atoms with E-state index in [0.717, 1.165) is 24.0 Å². The van der Waals surface area contributed by atoms with Crippen molar-refractivity contribution in [2.24, 2.45) is 0 Å². The third-order valence-corrected chi connectivity index (χ3v) is 2.86. The van der Waals surface area contributed by atoms with E-state index in [-0.39, 0.29) is 11.9 Å². The fourth-order valence-corrected chi connectivity index (χ4v) is 1.82. The van der Waals surface area contributed by atoms with Crippen LogP contribution in [-0.2, 0) is 0 Å². The van der Waals surface area contributed by atoms with Crippen LogP contribution in [0.3, 0.4) is 0 Å². The van der Waals surface area contributed by atoms with E-state index >= 15 is 0 Å². The fourth-order valence-electron chi connectivity index (χ4n) is 1.48. The van der Waals surface area contributed by atoms with Crippen LogP contribution in [-0.4, -0.2) is 19.2 Å². The molecule has 0 amide bonds. The Kier molecular flexibility index (Phi) is 3.03. The molecule has 1 aliphatic rings. The minimum absolute atomic E-state index is 0.160. The predicted molar refractivity (Wildman–Crippen MR) is 56.0 cm³/mol. The van der Waals surface area contributed by atoms with E-state index in [1.165, 1.54) is 12.1 Å². The van der Waals surface area contributed by atoms with Crippen LogP contribution in [0.4, 0.5) is 4.39 Å². The quantitative estimate of drug-likeness (QED) is 0.881. The second kappa shape index (κ2) is 4.28. The van der Waals surface area contributed by atoms with Crippen LogP contribution in [0.25, 0.3) is 0 Å². The van der Waals surface area contributed by atoms with Crippen molar-refractivity contribution in [2.75, 3.05) is 13.1 Å². The van der Waals surface area contributed by atoms with Crippen LogP contribution in [0.1, 0.15) is 6.42 Å². The fraction of sp³-hybridized carbons (Fsp3) is 0.400. The van der Waals surface area contributed by atoms with Crippen molar-refractivity contribution in [3.8, 4) is 5.75 Å². The first-order valence-electron chi connectivity index (χ1n) is 4.58. The zero-order chi connectivity index (χ0) is 9.97. The van der Waals surface area contributed by atoms with Crippen molar-refractivity contribution >= 4 is 15.9 Å². The Labute approximate surface area is 90.6 Å². The van der Waals surface area contributed by atoms with Gasteiger partial charge in [-0.1, -0.05) is 0 Å². The van der Waals surface area contributed by atoms with Gasteiger partial charge in [0.25, 0.3) is 0 Å². The van der Waals surface area contributed by atoms with Crippen LogP contribution >= 0.6 is 15.9 Å². The van der Waals surface area contributed by atoms with Crippen LogP contribution in [0.15, 0.2) is 22.7 Å². The summed E-state index contributed by atoms with van der Waals surface area (Å²) in [4.78, 5) is 0. The third kappa shape index (κ3) is 2.25. The van der Waals surface area contributed by atoms with Crippen molar-refractivity contribution in [1.82, 2.24) is 5.32 Å². The van der Waals surface area contributed by atoms with Crippen molar-refractivity contribution in [3.63, 3.8) is 0 Å². The highest BCUT2D eigenvalue weighted by atomic mass is 79.9. The highest BCUT2D eigenvalue weighted by Crippen LogP contribution is 2.27. The Hall–Kier alpha value is -0.610. The molecule has 0 aromatic heterocycles. The molecule has 1 unspecified atom stereocenters. The van der Waals surface area contributed by atoms with E-state index in [2.05, 4.69) is 21.2 Å². The molecule has 1 heterocycles. The molecule has 4 heteroatoms. The van der Waals surface area contributed by atoms with E-state index in [1.807, 2.05) is 0 Å². The summed E-state index contributed by atoms with van der Waals surface area (Å²) < 4.78 is 19.3. The molecule has 76 valence electrons. The molecule has 1 aromatic carbocycles. The van der Waals surface area contributed by atoms with Gasteiger partial charge >= 0.3 is 0 Å². The van der Waals surface area contributed by atoms with Crippen molar-refractivity contribution in [2.45, 2.75) is 12.5 Å². The number of nitrogens with one attached hydrogen (secondary N) is 1. The second-order valence-corrected chi connectivity index (χ2v) is 4.16. The van der Waals surface area contributed by atoms with E-state index in [1.54, 1.807) is 6.07 Å². The molecule has 1 aromatic rings. The molecular weight excluding hydrogens is 249 g/mol. The maximum Gasteiger partial charge on any atom is 0.136 e.